The highest BCUT2D eigenvalue weighted by Crippen LogP contribution is 2.17. The standard InChI is InChI=1S/C15H11ClO4/c16-9-10-5-7-11(8-6-10)20-15(19)13-4-2-1-3-12(13)14(17)18/h1-8H,9H2,(H,17,18). The molecule has 102 valence electrons. The topological polar surface area (TPSA) is 63.6 Å². The van der Waals surface area contributed by atoms with Gasteiger partial charge in [0.05, 0.1) is 11.1 Å². The first kappa shape index (κ1) is 14.1. The number of carbonyl (C=O) groups excluding carboxylic acids is 1. The van der Waals surface area contributed by atoms with Gasteiger partial charge in [-0.15, -0.1) is 11.6 Å². The van der Waals surface area contributed by atoms with Crippen molar-refractivity contribution in [3.8, 4) is 5.75 Å². The van der Waals surface area contributed by atoms with Gasteiger partial charge in [-0.1, -0.05) is 24.3 Å². The second kappa shape index (κ2) is 6.21. The molecule has 0 atom stereocenters. The van der Waals surface area contributed by atoms with E-state index in [-0.39, 0.29) is 11.1 Å². The van der Waals surface area contributed by atoms with Crippen LogP contribution in [0.4, 0.5) is 0 Å². The van der Waals surface area contributed by atoms with Gasteiger partial charge in [0.15, 0.2) is 0 Å². The van der Waals surface area contributed by atoms with Crippen molar-refractivity contribution in [1.82, 2.24) is 0 Å². The van der Waals surface area contributed by atoms with Crippen LogP contribution in [0.2, 0.25) is 0 Å². The Morgan fingerprint density at radius 1 is 1.00 bits per heavy atom. The van der Waals surface area contributed by atoms with Crippen molar-refractivity contribution in [1.29, 1.82) is 0 Å². The molecule has 0 fully saturated rings. The molecule has 0 saturated heterocycles. The molecular formula is C15H11ClO4. The molecule has 0 radical (unpaired) electrons. The molecule has 1 N–H and O–H groups in total. The maximum atomic E-state index is 12.0. The van der Waals surface area contributed by atoms with E-state index in [1.807, 2.05) is 0 Å². The van der Waals surface area contributed by atoms with Crippen molar-refractivity contribution in [2.45, 2.75) is 5.88 Å². The van der Waals surface area contributed by atoms with Crippen molar-refractivity contribution in [3.63, 3.8) is 0 Å². The molecule has 20 heavy (non-hydrogen) atoms. The largest absolute Gasteiger partial charge is 0.478 e. The van der Waals surface area contributed by atoms with E-state index in [9.17, 15) is 9.59 Å². The van der Waals surface area contributed by atoms with Crippen LogP contribution in [-0.4, -0.2) is 17.0 Å². The molecule has 0 bridgehead atoms. The number of benzene rings is 2. The van der Waals surface area contributed by atoms with Gasteiger partial charge in [-0.2, -0.15) is 0 Å². The van der Waals surface area contributed by atoms with E-state index < -0.39 is 11.9 Å². The molecular weight excluding hydrogens is 280 g/mol. The molecule has 0 saturated carbocycles. The number of ether oxygens (including phenoxy) is 1. The Hall–Kier alpha value is -2.33. The van der Waals surface area contributed by atoms with Crippen molar-refractivity contribution < 1.29 is 19.4 Å². The molecule has 2 aromatic rings. The summed E-state index contributed by atoms with van der Waals surface area (Å²) >= 11 is 5.66. The summed E-state index contributed by atoms with van der Waals surface area (Å²) in [5, 5.41) is 9.03. The third-order valence-electron chi connectivity index (χ3n) is 2.67. The van der Waals surface area contributed by atoms with Gasteiger partial charge in [0.2, 0.25) is 0 Å². The molecule has 0 unspecified atom stereocenters. The lowest BCUT2D eigenvalue weighted by atomic mass is 10.1. The van der Waals surface area contributed by atoms with Crippen molar-refractivity contribution >= 4 is 23.5 Å². The monoisotopic (exact) mass is 290 g/mol. The lowest BCUT2D eigenvalue weighted by Crippen LogP contribution is -2.13. The van der Waals surface area contributed by atoms with Crippen LogP contribution in [0.3, 0.4) is 0 Å². The van der Waals surface area contributed by atoms with Gasteiger partial charge in [0, 0.05) is 5.88 Å². The predicted molar refractivity (Wildman–Crippen MR) is 74.4 cm³/mol. The summed E-state index contributed by atoms with van der Waals surface area (Å²) in [6.07, 6.45) is 0. The first-order chi connectivity index (χ1) is 9.61. The van der Waals surface area contributed by atoms with Crippen LogP contribution in [-0.2, 0) is 5.88 Å². The smallest absolute Gasteiger partial charge is 0.344 e. The van der Waals surface area contributed by atoms with Crippen molar-refractivity contribution in [2.24, 2.45) is 0 Å². The van der Waals surface area contributed by atoms with Gasteiger partial charge in [0.1, 0.15) is 5.75 Å². The average Bonchev–Trinajstić information content (AvgIpc) is 2.48. The van der Waals surface area contributed by atoms with Crippen LogP contribution >= 0.6 is 11.6 Å². The maximum absolute atomic E-state index is 12.0. The van der Waals surface area contributed by atoms with E-state index in [2.05, 4.69) is 0 Å². The highest BCUT2D eigenvalue weighted by molar-refractivity contribution is 6.17. The Labute approximate surface area is 120 Å². The molecule has 2 aromatic carbocycles. The number of carboxylic acid groups (broad SMARTS) is 1. The maximum Gasteiger partial charge on any atom is 0.344 e. The molecule has 4 nitrogen and oxygen atoms in total. The SMILES string of the molecule is O=C(O)c1ccccc1C(=O)Oc1ccc(CCl)cc1. The van der Waals surface area contributed by atoms with Crippen molar-refractivity contribution in [2.75, 3.05) is 0 Å². The second-order valence-corrected chi connectivity index (χ2v) is 4.29. The number of carboxylic acids is 1. The van der Waals surface area contributed by atoms with Gasteiger partial charge >= 0.3 is 11.9 Å². The van der Waals surface area contributed by atoms with Crippen LogP contribution in [0.5, 0.6) is 5.75 Å². The van der Waals surface area contributed by atoms with E-state index >= 15 is 0 Å². The molecule has 0 aromatic heterocycles. The molecule has 0 heterocycles. The molecule has 0 spiro atoms. The minimum atomic E-state index is -1.17. The lowest BCUT2D eigenvalue weighted by Gasteiger charge is -2.07. The molecule has 5 heteroatoms. The minimum absolute atomic E-state index is 0.0152. The van der Waals surface area contributed by atoms with E-state index in [0.717, 1.165) is 5.56 Å². The first-order valence-electron chi connectivity index (χ1n) is 5.81. The van der Waals surface area contributed by atoms with Gasteiger partial charge in [0.25, 0.3) is 0 Å². The molecule has 0 aliphatic carbocycles. The molecule has 0 amide bonds. The zero-order valence-corrected chi connectivity index (χ0v) is 11.1. The number of alkyl halides is 1. The Kier molecular flexibility index (Phi) is 4.38. The number of aromatic carboxylic acids is 1. The van der Waals surface area contributed by atoms with Gasteiger partial charge in [-0.3, -0.25) is 0 Å². The highest BCUT2D eigenvalue weighted by Gasteiger charge is 2.17. The van der Waals surface area contributed by atoms with Crippen LogP contribution in [0, 0.1) is 0 Å². The fraction of sp³-hybridized carbons (Fsp3) is 0.0667. The Balaban J connectivity index is 2.21. The summed E-state index contributed by atoms with van der Waals surface area (Å²) in [5.74, 6) is -1.17. The average molecular weight is 291 g/mol. The Morgan fingerprint density at radius 3 is 2.15 bits per heavy atom. The second-order valence-electron chi connectivity index (χ2n) is 4.02. The summed E-state index contributed by atoms with van der Waals surface area (Å²) in [6, 6.07) is 12.6. The Morgan fingerprint density at radius 2 is 1.60 bits per heavy atom. The molecule has 0 aliphatic rings. The molecule has 2 rings (SSSR count). The van der Waals surface area contributed by atoms with E-state index in [1.165, 1.54) is 12.1 Å². The number of esters is 1. The Bertz CT molecular complexity index is 635. The first-order valence-corrected chi connectivity index (χ1v) is 6.34. The summed E-state index contributed by atoms with van der Waals surface area (Å²) in [7, 11) is 0. The van der Waals surface area contributed by atoms with Crippen molar-refractivity contribution in [3.05, 3.63) is 65.2 Å². The zero-order valence-electron chi connectivity index (χ0n) is 10.4. The zero-order chi connectivity index (χ0) is 14.5. The van der Waals surface area contributed by atoms with E-state index in [0.29, 0.717) is 11.6 Å². The van der Waals surface area contributed by atoms with Gasteiger partial charge in [-0.25, -0.2) is 9.59 Å². The summed E-state index contributed by atoms with van der Waals surface area (Å²) in [6.45, 7) is 0. The summed E-state index contributed by atoms with van der Waals surface area (Å²) in [4.78, 5) is 23.0. The van der Waals surface area contributed by atoms with Gasteiger partial charge < -0.3 is 9.84 Å². The summed E-state index contributed by atoms with van der Waals surface area (Å²) < 4.78 is 5.15. The van der Waals surface area contributed by atoms with E-state index in [1.54, 1.807) is 36.4 Å². The fourth-order valence-corrected chi connectivity index (χ4v) is 1.83. The quantitative estimate of drug-likeness (QED) is 0.533. The third-order valence-corrected chi connectivity index (χ3v) is 2.97. The van der Waals surface area contributed by atoms with E-state index in [4.69, 9.17) is 21.4 Å². The lowest BCUT2D eigenvalue weighted by molar-refractivity contribution is 0.0668. The van der Waals surface area contributed by atoms with Gasteiger partial charge in [-0.05, 0) is 29.8 Å². The third kappa shape index (κ3) is 3.16. The number of hydrogen-bond donors (Lipinski definition) is 1. The normalized spacial score (nSPS) is 10.1. The van der Waals surface area contributed by atoms with Crippen LogP contribution in [0.1, 0.15) is 26.3 Å². The number of rotatable bonds is 4. The highest BCUT2D eigenvalue weighted by atomic mass is 35.5. The van der Waals surface area contributed by atoms with Crippen LogP contribution < -0.4 is 4.74 Å². The minimum Gasteiger partial charge on any atom is -0.478 e. The van der Waals surface area contributed by atoms with Crippen LogP contribution in [0.25, 0.3) is 0 Å². The predicted octanol–water partition coefficient (Wildman–Crippen LogP) is 3.34. The number of hydrogen-bond acceptors (Lipinski definition) is 3. The fourth-order valence-electron chi connectivity index (χ4n) is 1.66. The molecule has 0 aliphatic heterocycles. The number of halogens is 1. The number of carbonyl (C=O) groups is 2. The van der Waals surface area contributed by atoms with Crippen LogP contribution in [0.15, 0.2) is 48.5 Å². The summed E-state index contributed by atoms with van der Waals surface area (Å²) in [5.41, 5.74) is 0.828.